The number of nitrogens with one attached hydrogen (secondary N) is 1. The number of hydrogen-bond acceptors (Lipinski definition) is 1. The Balaban J connectivity index is 2.77. The van der Waals surface area contributed by atoms with E-state index < -0.39 is 0 Å². The zero-order valence-corrected chi connectivity index (χ0v) is 7.26. The molecule has 0 bridgehead atoms. The predicted molar refractivity (Wildman–Crippen MR) is 49.4 cm³/mol. The largest absolute Gasteiger partial charge is 0.326 e. The molecule has 1 aliphatic heterocycles. The summed E-state index contributed by atoms with van der Waals surface area (Å²) in [6, 6.07) is 0. The molecule has 1 heterocycles. The zero-order valence-electron chi connectivity index (χ0n) is 7.26. The molecule has 0 aromatic rings. The lowest BCUT2D eigenvalue weighted by atomic mass is 10.1. The monoisotopic (exact) mass is 163 g/mol. The molecule has 1 amide bonds. The van der Waals surface area contributed by atoms with Crippen LogP contribution >= 0.6 is 0 Å². The van der Waals surface area contributed by atoms with E-state index in [1.807, 2.05) is 12.2 Å². The lowest BCUT2D eigenvalue weighted by Gasteiger charge is -1.93. The second-order valence-electron chi connectivity index (χ2n) is 2.68. The van der Waals surface area contributed by atoms with Gasteiger partial charge in [-0.05, 0) is 18.1 Å². The Morgan fingerprint density at radius 3 is 3.00 bits per heavy atom. The minimum Gasteiger partial charge on any atom is -0.326 e. The van der Waals surface area contributed by atoms with Crippen LogP contribution in [0.2, 0.25) is 0 Å². The van der Waals surface area contributed by atoms with Crippen LogP contribution in [0.15, 0.2) is 36.1 Å². The van der Waals surface area contributed by atoms with Gasteiger partial charge in [-0.3, -0.25) is 4.79 Å². The van der Waals surface area contributed by atoms with Gasteiger partial charge in [0, 0.05) is 5.70 Å². The molecule has 1 N–H and O–H groups in total. The molecule has 1 rings (SSSR count). The maximum Gasteiger partial charge on any atom is 0.228 e. The highest BCUT2D eigenvalue weighted by Crippen LogP contribution is 2.16. The van der Waals surface area contributed by atoms with Crippen LogP contribution in [0.3, 0.4) is 0 Å². The van der Waals surface area contributed by atoms with Gasteiger partial charge in [0.1, 0.15) is 0 Å². The average molecular weight is 163 g/mol. The highest BCUT2D eigenvalue weighted by molar-refractivity contribution is 5.85. The second-order valence-corrected chi connectivity index (χ2v) is 2.68. The van der Waals surface area contributed by atoms with Crippen molar-refractivity contribution in [2.75, 3.05) is 0 Å². The molecule has 0 aliphatic carbocycles. The van der Waals surface area contributed by atoms with Crippen molar-refractivity contribution < 1.29 is 4.79 Å². The van der Waals surface area contributed by atoms with E-state index in [2.05, 4.69) is 18.8 Å². The first-order valence-electron chi connectivity index (χ1n) is 4.10. The molecule has 12 heavy (non-hydrogen) atoms. The minimum atomic E-state index is 0.0562. The van der Waals surface area contributed by atoms with Crippen LogP contribution in [0, 0.1) is 0 Å². The van der Waals surface area contributed by atoms with Crippen molar-refractivity contribution in [3.8, 4) is 0 Å². The van der Waals surface area contributed by atoms with Crippen molar-refractivity contribution in [1.82, 2.24) is 5.32 Å². The van der Waals surface area contributed by atoms with Gasteiger partial charge >= 0.3 is 0 Å². The van der Waals surface area contributed by atoms with Crippen LogP contribution in [0.4, 0.5) is 0 Å². The molecule has 0 radical (unpaired) electrons. The van der Waals surface area contributed by atoms with Crippen molar-refractivity contribution in [2.24, 2.45) is 0 Å². The molecule has 2 nitrogen and oxygen atoms in total. The van der Waals surface area contributed by atoms with Crippen LogP contribution in [0.1, 0.15) is 19.8 Å². The van der Waals surface area contributed by atoms with Crippen LogP contribution < -0.4 is 5.32 Å². The molecule has 0 unspecified atom stereocenters. The van der Waals surface area contributed by atoms with Gasteiger partial charge in [-0.15, -0.1) is 0 Å². The third-order valence-corrected chi connectivity index (χ3v) is 1.73. The van der Waals surface area contributed by atoms with E-state index >= 15 is 0 Å². The van der Waals surface area contributed by atoms with Gasteiger partial charge in [0.15, 0.2) is 0 Å². The summed E-state index contributed by atoms with van der Waals surface area (Å²) in [5, 5.41) is 2.73. The highest BCUT2D eigenvalue weighted by atomic mass is 16.1. The molecule has 0 atom stereocenters. The third kappa shape index (κ3) is 1.84. The van der Waals surface area contributed by atoms with E-state index in [1.165, 1.54) is 0 Å². The number of carbonyl (C=O) groups excluding carboxylic acids is 1. The average Bonchev–Trinajstić information content (AvgIpc) is 2.42. The Morgan fingerprint density at radius 1 is 1.67 bits per heavy atom. The SMILES string of the molecule is C=CC1=C(/C=C\CC)CC(=O)N1. The Hall–Kier alpha value is -1.31. The van der Waals surface area contributed by atoms with E-state index in [-0.39, 0.29) is 5.91 Å². The maximum atomic E-state index is 11.0. The molecular formula is C10H13NO. The van der Waals surface area contributed by atoms with E-state index in [0.29, 0.717) is 6.42 Å². The van der Waals surface area contributed by atoms with Crippen LogP contribution in [0.25, 0.3) is 0 Å². The fourth-order valence-corrected chi connectivity index (χ4v) is 1.13. The summed E-state index contributed by atoms with van der Waals surface area (Å²) >= 11 is 0. The smallest absolute Gasteiger partial charge is 0.228 e. The number of amides is 1. The van der Waals surface area contributed by atoms with Crippen LogP contribution in [0.5, 0.6) is 0 Å². The molecule has 2 heteroatoms. The Labute approximate surface area is 72.7 Å². The summed E-state index contributed by atoms with van der Waals surface area (Å²) in [6.45, 7) is 5.69. The Morgan fingerprint density at radius 2 is 2.42 bits per heavy atom. The fourth-order valence-electron chi connectivity index (χ4n) is 1.13. The normalized spacial score (nSPS) is 17.2. The molecule has 0 saturated carbocycles. The Kier molecular flexibility index (Phi) is 2.86. The van der Waals surface area contributed by atoms with Gasteiger partial charge in [0.25, 0.3) is 0 Å². The van der Waals surface area contributed by atoms with Gasteiger partial charge in [-0.25, -0.2) is 0 Å². The Bertz CT molecular complexity index is 261. The van der Waals surface area contributed by atoms with E-state index in [4.69, 9.17) is 0 Å². The van der Waals surface area contributed by atoms with Gasteiger partial charge in [-0.2, -0.15) is 0 Å². The summed E-state index contributed by atoms with van der Waals surface area (Å²) in [6.07, 6.45) is 7.17. The maximum absolute atomic E-state index is 11.0. The van der Waals surface area contributed by atoms with Crippen molar-refractivity contribution in [2.45, 2.75) is 19.8 Å². The van der Waals surface area contributed by atoms with Crippen LogP contribution in [-0.4, -0.2) is 5.91 Å². The standard InChI is InChI=1S/C10H13NO/c1-3-5-6-8-7-10(12)11-9(8)4-2/h4-6H,2-3,7H2,1H3,(H,11,12)/b6-5-. The van der Waals surface area contributed by atoms with Crippen molar-refractivity contribution in [1.29, 1.82) is 0 Å². The lowest BCUT2D eigenvalue weighted by molar-refractivity contribution is -0.118. The number of allylic oxidation sites excluding steroid dienone is 3. The van der Waals surface area contributed by atoms with Gasteiger partial charge in [-0.1, -0.05) is 25.7 Å². The summed E-state index contributed by atoms with van der Waals surface area (Å²) in [4.78, 5) is 11.0. The second kappa shape index (κ2) is 3.90. The summed E-state index contributed by atoms with van der Waals surface area (Å²) < 4.78 is 0. The molecule has 0 aromatic carbocycles. The topological polar surface area (TPSA) is 29.1 Å². The molecule has 0 aromatic heterocycles. The van der Waals surface area contributed by atoms with Gasteiger partial charge < -0.3 is 5.32 Å². The first-order valence-corrected chi connectivity index (χ1v) is 4.10. The van der Waals surface area contributed by atoms with Crippen molar-refractivity contribution >= 4 is 5.91 Å². The zero-order chi connectivity index (χ0) is 8.97. The van der Waals surface area contributed by atoms with Crippen molar-refractivity contribution in [3.05, 3.63) is 36.1 Å². The predicted octanol–water partition coefficient (Wildman–Crippen LogP) is 1.91. The number of carbonyl (C=O) groups is 1. The van der Waals surface area contributed by atoms with Gasteiger partial charge in [0.2, 0.25) is 5.91 Å². The van der Waals surface area contributed by atoms with E-state index in [1.54, 1.807) is 6.08 Å². The molecule has 0 spiro atoms. The molecule has 1 aliphatic rings. The third-order valence-electron chi connectivity index (χ3n) is 1.73. The molecule has 64 valence electrons. The van der Waals surface area contributed by atoms with E-state index in [0.717, 1.165) is 17.7 Å². The van der Waals surface area contributed by atoms with Gasteiger partial charge in [0.05, 0.1) is 6.42 Å². The molecular weight excluding hydrogens is 150 g/mol. The summed E-state index contributed by atoms with van der Waals surface area (Å²) in [7, 11) is 0. The molecule has 0 saturated heterocycles. The van der Waals surface area contributed by atoms with Crippen molar-refractivity contribution in [3.63, 3.8) is 0 Å². The molecule has 0 fully saturated rings. The first kappa shape index (κ1) is 8.78. The summed E-state index contributed by atoms with van der Waals surface area (Å²) in [5.41, 5.74) is 1.89. The number of rotatable bonds is 3. The fraction of sp³-hybridized carbons (Fsp3) is 0.300. The quantitative estimate of drug-likeness (QED) is 0.676. The first-order chi connectivity index (χ1) is 5.77. The summed E-state index contributed by atoms with van der Waals surface area (Å²) in [5.74, 6) is 0.0562. The van der Waals surface area contributed by atoms with E-state index in [9.17, 15) is 4.79 Å². The highest BCUT2D eigenvalue weighted by Gasteiger charge is 2.15. The number of hydrogen-bond donors (Lipinski definition) is 1. The minimum absolute atomic E-state index is 0.0562. The lowest BCUT2D eigenvalue weighted by Crippen LogP contribution is -2.13. The van der Waals surface area contributed by atoms with Crippen LogP contribution in [-0.2, 0) is 4.79 Å².